The fraction of sp³-hybridized carbons (Fsp3) is 0.143. The molecule has 0 fully saturated rings. The Labute approximate surface area is 192 Å². The van der Waals surface area contributed by atoms with Crippen molar-refractivity contribution in [1.29, 1.82) is 0 Å². The number of aryl methyl sites for hydroxylation is 1. The number of imidazole rings is 1. The molecule has 4 rings (SSSR count). The number of halogens is 3. The van der Waals surface area contributed by atoms with Crippen LogP contribution in [0.2, 0.25) is 15.1 Å². The van der Waals surface area contributed by atoms with Crippen LogP contribution < -0.4 is 10.1 Å². The standard InChI is InChI=1S/C21H16Cl3N3O2S/c1-27-8-7-25-20(27)18(12-5-3-4-6-14(12)29-2)26-21(28)19-17(24)16-13(23)9-11(22)10-15(16)30-19/h3-10,18H,1-2H3,(H,26,28). The molecule has 1 N–H and O–H groups in total. The van der Waals surface area contributed by atoms with Gasteiger partial charge in [-0.2, -0.15) is 0 Å². The summed E-state index contributed by atoms with van der Waals surface area (Å²) in [6.45, 7) is 0. The summed E-state index contributed by atoms with van der Waals surface area (Å²) >= 11 is 20.2. The van der Waals surface area contributed by atoms with Gasteiger partial charge in [-0.25, -0.2) is 4.98 Å². The molecule has 4 aromatic rings. The minimum Gasteiger partial charge on any atom is -0.496 e. The van der Waals surface area contributed by atoms with Crippen molar-refractivity contribution in [2.24, 2.45) is 7.05 Å². The maximum absolute atomic E-state index is 13.3. The molecule has 0 aliphatic carbocycles. The van der Waals surface area contributed by atoms with Gasteiger partial charge >= 0.3 is 0 Å². The number of fused-ring (bicyclic) bond motifs is 1. The van der Waals surface area contributed by atoms with E-state index in [4.69, 9.17) is 39.5 Å². The molecule has 0 saturated heterocycles. The van der Waals surface area contributed by atoms with Crippen LogP contribution in [0.25, 0.3) is 10.1 Å². The zero-order chi connectivity index (χ0) is 21.4. The van der Waals surface area contributed by atoms with E-state index in [1.807, 2.05) is 42.1 Å². The second-order valence-electron chi connectivity index (χ2n) is 6.55. The molecule has 0 bridgehead atoms. The number of hydrogen-bond donors (Lipinski definition) is 1. The third-order valence-corrected chi connectivity index (χ3v) is 6.84. The highest BCUT2D eigenvalue weighted by atomic mass is 35.5. The molecule has 30 heavy (non-hydrogen) atoms. The van der Waals surface area contributed by atoms with Gasteiger partial charge in [0.05, 0.1) is 17.2 Å². The highest BCUT2D eigenvalue weighted by Crippen LogP contribution is 2.41. The van der Waals surface area contributed by atoms with E-state index in [1.165, 1.54) is 11.3 Å². The number of aromatic nitrogens is 2. The van der Waals surface area contributed by atoms with Crippen molar-refractivity contribution in [3.8, 4) is 5.75 Å². The fourth-order valence-corrected chi connectivity index (χ4v) is 5.58. The first-order valence-electron chi connectivity index (χ1n) is 8.88. The van der Waals surface area contributed by atoms with Crippen LogP contribution in [0, 0.1) is 0 Å². The molecule has 0 radical (unpaired) electrons. The van der Waals surface area contributed by atoms with E-state index >= 15 is 0 Å². The number of hydrogen-bond acceptors (Lipinski definition) is 4. The number of carbonyl (C=O) groups excluding carboxylic acids is 1. The molecule has 1 amide bonds. The first-order chi connectivity index (χ1) is 14.4. The summed E-state index contributed by atoms with van der Waals surface area (Å²) in [4.78, 5) is 18.1. The van der Waals surface area contributed by atoms with Crippen molar-refractivity contribution in [1.82, 2.24) is 14.9 Å². The summed E-state index contributed by atoms with van der Waals surface area (Å²) in [5.74, 6) is 0.960. The van der Waals surface area contributed by atoms with Crippen LogP contribution in [0.5, 0.6) is 5.75 Å². The Morgan fingerprint density at radius 2 is 2.00 bits per heavy atom. The van der Waals surface area contributed by atoms with Crippen molar-refractivity contribution in [2.45, 2.75) is 6.04 Å². The second kappa shape index (κ2) is 8.47. The lowest BCUT2D eigenvalue weighted by atomic mass is 10.0. The second-order valence-corrected chi connectivity index (χ2v) is 8.82. The summed E-state index contributed by atoms with van der Waals surface area (Å²) in [5.41, 5.74) is 0.779. The minimum absolute atomic E-state index is 0.299. The Balaban J connectivity index is 1.78. The minimum atomic E-state index is -0.547. The Morgan fingerprint density at radius 3 is 2.70 bits per heavy atom. The number of amides is 1. The summed E-state index contributed by atoms with van der Waals surface area (Å²) in [7, 11) is 3.45. The van der Waals surface area contributed by atoms with Gasteiger partial charge < -0.3 is 14.6 Å². The van der Waals surface area contributed by atoms with Gasteiger partial charge in [-0.15, -0.1) is 11.3 Å². The lowest BCUT2D eigenvalue weighted by molar-refractivity contribution is 0.0945. The molecule has 2 aromatic carbocycles. The molecule has 1 unspecified atom stereocenters. The van der Waals surface area contributed by atoms with Crippen LogP contribution in [0.4, 0.5) is 0 Å². The predicted molar refractivity (Wildman–Crippen MR) is 122 cm³/mol. The van der Waals surface area contributed by atoms with Crippen molar-refractivity contribution in [3.05, 3.63) is 80.1 Å². The van der Waals surface area contributed by atoms with Gasteiger partial charge in [0.2, 0.25) is 0 Å². The number of benzene rings is 2. The van der Waals surface area contributed by atoms with Gasteiger partial charge in [-0.1, -0.05) is 53.0 Å². The normalized spacial score (nSPS) is 12.2. The Morgan fingerprint density at radius 1 is 1.23 bits per heavy atom. The van der Waals surface area contributed by atoms with Gasteiger partial charge in [-0.05, 0) is 18.2 Å². The van der Waals surface area contributed by atoms with E-state index in [-0.39, 0.29) is 5.91 Å². The Hall–Kier alpha value is -2.25. The first kappa shape index (κ1) is 21.0. The number of rotatable bonds is 5. The average Bonchev–Trinajstić information content (AvgIpc) is 3.29. The average molecular weight is 481 g/mol. The van der Waals surface area contributed by atoms with E-state index in [9.17, 15) is 4.79 Å². The molecule has 0 saturated carbocycles. The Bertz CT molecular complexity index is 1250. The molecule has 2 aromatic heterocycles. The smallest absolute Gasteiger partial charge is 0.263 e. The molecule has 2 heterocycles. The summed E-state index contributed by atoms with van der Waals surface area (Å²) in [5, 5.41) is 4.85. The summed E-state index contributed by atoms with van der Waals surface area (Å²) in [6, 6.07) is 10.3. The third-order valence-electron chi connectivity index (χ3n) is 4.70. The number of para-hydroxylation sites is 1. The van der Waals surface area contributed by atoms with Gasteiger partial charge in [0.1, 0.15) is 22.5 Å². The quantitative estimate of drug-likeness (QED) is 0.374. The molecular formula is C21H16Cl3N3O2S. The topological polar surface area (TPSA) is 56.1 Å². The lowest BCUT2D eigenvalue weighted by Crippen LogP contribution is -2.31. The number of carbonyl (C=O) groups is 1. The highest BCUT2D eigenvalue weighted by molar-refractivity contribution is 7.21. The lowest BCUT2D eigenvalue weighted by Gasteiger charge is -2.21. The van der Waals surface area contributed by atoms with E-state index in [0.717, 1.165) is 10.3 Å². The molecular weight excluding hydrogens is 465 g/mol. The van der Waals surface area contributed by atoms with Gasteiger partial charge in [-0.3, -0.25) is 4.79 Å². The highest BCUT2D eigenvalue weighted by Gasteiger charge is 2.27. The van der Waals surface area contributed by atoms with Crippen LogP contribution in [0.3, 0.4) is 0 Å². The maximum atomic E-state index is 13.3. The van der Waals surface area contributed by atoms with Gasteiger partial charge in [0.25, 0.3) is 5.91 Å². The van der Waals surface area contributed by atoms with Crippen molar-refractivity contribution >= 4 is 62.1 Å². The van der Waals surface area contributed by atoms with Crippen LogP contribution in [0.1, 0.15) is 27.1 Å². The van der Waals surface area contributed by atoms with Crippen LogP contribution in [-0.4, -0.2) is 22.6 Å². The molecule has 0 spiro atoms. The molecule has 5 nitrogen and oxygen atoms in total. The van der Waals surface area contributed by atoms with Crippen LogP contribution in [0.15, 0.2) is 48.8 Å². The molecule has 0 aliphatic heterocycles. The predicted octanol–water partition coefficient (Wildman–Crippen LogP) is 6.12. The van der Waals surface area contributed by atoms with Gasteiger partial charge in [0, 0.05) is 40.1 Å². The monoisotopic (exact) mass is 479 g/mol. The zero-order valence-corrected chi connectivity index (χ0v) is 19.0. The van der Waals surface area contributed by atoms with Crippen molar-refractivity contribution in [2.75, 3.05) is 7.11 Å². The summed E-state index contributed by atoms with van der Waals surface area (Å²) < 4.78 is 8.10. The largest absolute Gasteiger partial charge is 0.496 e. The van der Waals surface area contributed by atoms with E-state index in [2.05, 4.69) is 10.3 Å². The molecule has 9 heteroatoms. The van der Waals surface area contributed by atoms with Crippen molar-refractivity contribution in [3.63, 3.8) is 0 Å². The SMILES string of the molecule is COc1ccccc1C(NC(=O)c1sc2cc(Cl)cc(Cl)c2c1Cl)c1nccn1C. The van der Waals surface area contributed by atoms with E-state index < -0.39 is 6.04 Å². The molecule has 154 valence electrons. The number of thiophene rings is 1. The number of ether oxygens (including phenoxy) is 1. The maximum Gasteiger partial charge on any atom is 0.263 e. The van der Waals surface area contributed by atoms with Gasteiger partial charge in [0.15, 0.2) is 0 Å². The number of nitrogens with one attached hydrogen (secondary N) is 1. The number of methoxy groups -OCH3 is 1. The summed E-state index contributed by atoms with van der Waals surface area (Å²) in [6.07, 6.45) is 3.50. The molecule has 0 aliphatic rings. The van der Waals surface area contributed by atoms with Crippen LogP contribution >= 0.6 is 46.1 Å². The zero-order valence-electron chi connectivity index (χ0n) is 15.9. The Kier molecular flexibility index (Phi) is 5.93. The van der Waals surface area contributed by atoms with E-state index in [1.54, 1.807) is 25.4 Å². The number of nitrogens with zero attached hydrogens (tertiary/aromatic N) is 2. The molecule has 1 atom stereocenters. The van der Waals surface area contributed by atoms with Crippen LogP contribution in [-0.2, 0) is 7.05 Å². The fourth-order valence-electron chi connectivity index (χ4n) is 3.30. The van der Waals surface area contributed by atoms with E-state index in [0.29, 0.717) is 36.9 Å². The van der Waals surface area contributed by atoms with Crippen molar-refractivity contribution < 1.29 is 9.53 Å². The first-order valence-corrected chi connectivity index (χ1v) is 10.8. The third kappa shape index (κ3) is 3.76.